The van der Waals surface area contributed by atoms with Crippen LogP contribution in [-0.4, -0.2) is 37.7 Å². The monoisotopic (exact) mass is 516 g/mol. The smallest absolute Gasteiger partial charge is 0.354 e. The quantitative estimate of drug-likeness (QED) is 0.105. The molecule has 0 radical (unpaired) electrons. The molecule has 0 bridgehead atoms. The van der Waals surface area contributed by atoms with Crippen molar-refractivity contribution in [2.75, 3.05) is 19.8 Å². The van der Waals surface area contributed by atoms with Gasteiger partial charge in [-0.15, -0.1) is 0 Å². The number of nitrogens with one attached hydrogen (secondary N) is 1. The highest BCUT2D eigenvalue weighted by Crippen LogP contribution is 2.22. The highest BCUT2D eigenvalue weighted by molar-refractivity contribution is 5.99. The summed E-state index contributed by atoms with van der Waals surface area (Å²) >= 11 is 0. The van der Waals surface area contributed by atoms with Crippen LogP contribution < -0.4 is 20.4 Å². The SMILES string of the molecule is CCCCOc1ccc(/C=C(\C#N)C(=O)Oc2ccc3cc(C(=O)NCC4CCCO4)c(=O)oc3c2)cc1. The van der Waals surface area contributed by atoms with E-state index >= 15 is 0 Å². The molecule has 38 heavy (non-hydrogen) atoms. The lowest BCUT2D eigenvalue weighted by molar-refractivity contribution is -0.129. The van der Waals surface area contributed by atoms with Crippen molar-refractivity contribution >= 4 is 28.9 Å². The molecule has 1 aromatic heterocycles. The van der Waals surface area contributed by atoms with E-state index in [0.29, 0.717) is 36.5 Å². The van der Waals surface area contributed by atoms with Gasteiger partial charge in [0.15, 0.2) is 0 Å². The molecule has 2 aromatic carbocycles. The van der Waals surface area contributed by atoms with Crippen molar-refractivity contribution in [2.24, 2.45) is 0 Å². The Morgan fingerprint density at radius 2 is 1.95 bits per heavy atom. The molecule has 1 aliphatic rings. The van der Waals surface area contributed by atoms with E-state index in [0.717, 1.165) is 25.7 Å². The summed E-state index contributed by atoms with van der Waals surface area (Å²) in [6, 6.07) is 14.7. The Balaban J connectivity index is 1.43. The van der Waals surface area contributed by atoms with E-state index in [2.05, 4.69) is 12.2 Å². The van der Waals surface area contributed by atoms with Gasteiger partial charge in [-0.1, -0.05) is 25.5 Å². The number of unbranched alkanes of at least 4 members (excludes halogenated alkanes) is 1. The van der Waals surface area contributed by atoms with Crippen molar-refractivity contribution in [1.82, 2.24) is 5.32 Å². The summed E-state index contributed by atoms with van der Waals surface area (Å²) in [5, 5.41) is 12.7. The maximum absolute atomic E-state index is 12.6. The number of esters is 1. The number of benzene rings is 2. The number of hydrogen-bond acceptors (Lipinski definition) is 8. The average Bonchev–Trinajstić information content (AvgIpc) is 3.44. The number of nitriles is 1. The number of amides is 1. The van der Waals surface area contributed by atoms with Crippen LogP contribution in [0.5, 0.6) is 11.5 Å². The summed E-state index contributed by atoms with van der Waals surface area (Å²) < 4.78 is 21.7. The van der Waals surface area contributed by atoms with Crippen molar-refractivity contribution in [2.45, 2.75) is 38.7 Å². The molecule has 0 spiro atoms. The lowest BCUT2D eigenvalue weighted by Gasteiger charge is -2.10. The van der Waals surface area contributed by atoms with Gasteiger partial charge in [0.25, 0.3) is 5.91 Å². The number of fused-ring (bicyclic) bond motifs is 1. The Hall–Kier alpha value is -4.42. The summed E-state index contributed by atoms with van der Waals surface area (Å²) in [6.45, 7) is 3.69. The maximum atomic E-state index is 12.6. The van der Waals surface area contributed by atoms with Crippen molar-refractivity contribution in [1.29, 1.82) is 5.26 Å². The van der Waals surface area contributed by atoms with E-state index in [1.165, 1.54) is 24.3 Å². The molecule has 1 N–H and O–H groups in total. The molecular formula is C29H28N2O7. The lowest BCUT2D eigenvalue weighted by atomic mass is 10.1. The summed E-state index contributed by atoms with van der Waals surface area (Å²) in [5.74, 6) is -0.613. The molecule has 1 saturated heterocycles. The fourth-order valence-corrected chi connectivity index (χ4v) is 3.88. The molecule has 0 saturated carbocycles. The number of hydrogen-bond donors (Lipinski definition) is 1. The molecule has 1 unspecified atom stereocenters. The van der Waals surface area contributed by atoms with Crippen LogP contribution in [0.15, 0.2) is 63.3 Å². The van der Waals surface area contributed by atoms with Crippen molar-refractivity contribution in [3.05, 3.63) is 75.7 Å². The second kappa shape index (κ2) is 12.7. The topological polar surface area (TPSA) is 128 Å². The fraction of sp³-hybridized carbons (Fsp3) is 0.310. The Morgan fingerprint density at radius 1 is 1.16 bits per heavy atom. The van der Waals surface area contributed by atoms with Crippen LogP contribution in [0.1, 0.15) is 48.5 Å². The standard InChI is InChI=1S/C29H28N2O7/c1-2-3-12-35-22-9-6-19(7-10-22)14-21(17-30)28(33)37-23-11-8-20-15-25(29(34)38-26(20)16-23)27(32)31-18-24-5-4-13-36-24/h6-11,14-16,24H,2-5,12-13,18H2,1H3,(H,31,32)/b21-14+. The second-order valence-corrected chi connectivity index (χ2v) is 8.82. The predicted octanol–water partition coefficient (Wildman–Crippen LogP) is 4.39. The van der Waals surface area contributed by atoms with Gasteiger partial charge in [0.05, 0.1) is 12.7 Å². The van der Waals surface area contributed by atoms with Gasteiger partial charge < -0.3 is 23.9 Å². The largest absolute Gasteiger partial charge is 0.494 e. The van der Waals surface area contributed by atoms with Crippen LogP contribution in [0.3, 0.4) is 0 Å². The number of rotatable bonds is 10. The Bertz CT molecular complexity index is 1430. The van der Waals surface area contributed by atoms with Crippen molar-refractivity contribution in [3.63, 3.8) is 0 Å². The first-order valence-electron chi connectivity index (χ1n) is 12.5. The molecule has 3 aromatic rings. The predicted molar refractivity (Wildman–Crippen MR) is 140 cm³/mol. The van der Waals surface area contributed by atoms with Gasteiger partial charge in [-0.2, -0.15) is 5.26 Å². The van der Waals surface area contributed by atoms with Crippen LogP contribution in [0.4, 0.5) is 0 Å². The van der Waals surface area contributed by atoms with E-state index in [9.17, 15) is 19.6 Å². The molecule has 1 aliphatic heterocycles. The normalized spacial score (nSPS) is 15.2. The molecule has 1 atom stereocenters. The first-order valence-corrected chi connectivity index (χ1v) is 12.5. The minimum absolute atomic E-state index is 0.0556. The van der Waals surface area contributed by atoms with Gasteiger partial charge in [0.1, 0.15) is 34.3 Å². The average molecular weight is 517 g/mol. The number of ether oxygens (including phenoxy) is 3. The van der Waals surface area contributed by atoms with E-state index in [1.54, 1.807) is 30.3 Å². The zero-order chi connectivity index (χ0) is 26.9. The molecule has 196 valence electrons. The third-order valence-corrected chi connectivity index (χ3v) is 5.97. The molecule has 9 heteroatoms. The van der Waals surface area contributed by atoms with Gasteiger partial charge in [-0.05, 0) is 61.2 Å². The molecule has 1 amide bonds. The van der Waals surface area contributed by atoms with Crippen LogP contribution in [0, 0.1) is 11.3 Å². The molecule has 1 fully saturated rings. The van der Waals surface area contributed by atoms with Gasteiger partial charge in [-0.25, -0.2) is 9.59 Å². The Labute approximate surface area is 219 Å². The van der Waals surface area contributed by atoms with Crippen molar-refractivity contribution < 1.29 is 28.2 Å². The van der Waals surface area contributed by atoms with E-state index in [1.807, 2.05) is 6.07 Å². The summed E-state index contributed by atoms with van der Waals surface area (Å²) in [7, 11) is 0. The van der Waals surface area contributed by atoms with Crippen LogP contribution in [-0.2, 0) is 9.53 Å². The minimum Gasteiger partial charge on any atom is -0.494 e. The van der Waals surface area contributed by atoms with E-state index in [4.69, 9.17) is 18.6 Å². The first kappa shape index (κ1) is 26.6. The van der Waals surface area contributed by atoms with Gasteiger partial charge in [-0.3, -0.25) is 4.79 Å². The molecule has 0 aliphatic carbocycles. The highest BCUT2D eigenvalue weighted by Gasteiger charge is 2.19. The molecular weight excluding hydrogens is 488 g/mol. The zero-order valence-corrected chi connectivity index (χ0v) is 21.0. The third kappa shape index (κ3) is 6.87. The van der Waals surface area contributed by atoms with Crippen LogP contribution >= 0.6 is 0 Å². The summed E-state index contributed by atoms with van der Waals surface area (Å²) in [6.07, 6.45) is 5.15. The fourth-order valence-electron chi connectivity index (χ4n) is 3.88. The van der Waals surface area contributed by atoms with Gasteiger partial charge >= 0.3 is 11.6 Å². The first-order chi connectivity index (χ1) is 18.5. The zero-order valence-electron chi connectivity index (χ0n) is 21.0. The number of nitrogens with zero attached hydrogens (tertiary/aromatic N) is 1. The Morgan fingerprint density at radius 3 is 2.66 bits per heavy atom. The van der Waals surface area contributed by atoms with Crippen LogP contribution in [0.2, 0.25) is 0 Å². The van der Waals surface area contributed by atoms with Gasteiger partial charge in [0, 0.05) is 24.6 Å². The van der Waals surface area contributed by atoms with E-state index in [-0.39, 0.29) is 28.6 Å². The third-order valence-electron chi connectivity index (χ3n) is 5.97. The number of carbonyl (C=O) groups excluding carboxylic acids is 2. The Kier molecular flexibility index (Phi) is 8.90. The van der Waals surface area contributed by atoms with E-state index < -0.39 is 17.5 Å². The van der Waals surface area contributed by atoms with Crippen molar-refractivity contribution in [3.8, 4) is 17.6 Å². The molecule has 9 nitrogen and oxygen atoms in total. The summed E-state index contributed by atoms with van der Waals surface area (Å²) in [4.78, 5) is 37.5. The maximum Gasteiger partial charge on any atom is 0.354 e. The summed E-state index contributed by atoms with van der Waals surface area (Å²) in [5.41, 5.74) is -0.375. The minimum atomic E-state index is -0.859. The lowest BCUT2D eigenvalue weighted by Crippen LogP contribution is -2.34. The molecule has 2 heterocycles. The van der Waals surface area contributed by atoms with Gasteiger partial charge in [0.2, 0.25) is 0 Å². The van der Waals surface area contributed by atoms with Crippen LogP contribution in [0.25, 0.3) is 17.0 Å². The highest BCUT2D eigenvalue weighted by atomic mass is 16.5. The molecule has 4 rings (SSSR count). The number of carbonyl (C=O) groups is 2. The second-order valence-electron chi connectivity index (χ2n) is 8.82.